The van der Waals surface area contributed by atoms with E-state index in [1.165, 1.54) is 6.20 Å². The highest BCUT2D eigenvalue weighted by atomic mass is 35.5. The van der Waals surface area contributed by atoms with Gasteiger partial charge in [-0.1, -0.05) is 11.6 Å². The van der Waals surface area contributed by atoms with E-state index in [0.717, 1.165) is 37.5 Å². The maximum absolute atomic E-state index is 13.5. The average Bonchev–Trinajstić information content (AvgIpc) is 3.75. The Kier molecular flexibility index (Phi) is 6.46. The summed E-state index contributed by atoms with van der Waals surface area (Å²) in [5, 5.41) is 14.3. The van der Waals surface area contributed by atoms with Crippen LogP contribution in [0.5, 0.6) is 5.75 Å². The summed E-state index contributed by atoms with van der Waals surface area (Å²) < 4.78 is 15.0. The Morgan fingerprint density at radius 3 is 2.84 bits per heavy atom. The van der Waals surface area contributed by atoms with Crippen LogP contribution in [0.2, 0.25) is 5.02 Å². The highest BCUT2D eigenvalue weighted by Gasteiger charge is 2.28. The van der Waals surface area contributed by atoms with Crippen LogP contribution < -0.4 is 20.9 Å². The number of fused-ring (bicyclic) bond motifs is 1. The molecule has 12 heteroatoms. The van der Waals surface area contributed by atoms with Crippen LogP contribution >= 0.6 is 11.6 Å². The number of allylic oxidation sites excluding steroid dienone is 2. The van der Waals surface area contributed by atoms with E-state index in [1.807, 2.05) is 16.8 Å². The minimum Gasteiger partial charge on any atom is -0.450 e. The SMILES string of the molecule is Cn1c(Nc2cc(C3CC3)cn(C3CCOCC3)c2=O)nc2ncc(O/C(C=N)=C3\C=NC=CN3)c(Cl)c21. The van der Waals surface area contributed by atoms with E-state index in [0.29, 0.717) is 47.6 Å². The maximum atomic E-state index is 13.5. The molecule has 0 unspecified atom stereocenters. The van der Waals surface area contributed by atoms with E-state index in [4.69, 9.17) is 26.5 Å². The number of nitrogens with one attached hydrogen (secondary N) is 3. The third-order valence-electron chi connectivity index (χ3n) is 6.97. The van der Waals surface area contributed by atoms with Crippen LogP contribution in [0, 0.1) is 5.41 Å². The fraction of sp³-hybridized carbons (Fsp3) is 0.346. The number of anilines is 2. The smallest absolute Gasteiger partial charge is 0.274 e. The van der Waals surface area contributed by atoms with Crippen LogP contribution in [0.3, 0.4) is 0 Å². The monoisotopic (exact) mass is 534 g/mol. The number of hydrogen-bond donors (Lipinski definition) is 3. The van der Waals surface area contributed by atoms with Crippen molar-refractivity contribution in [3.8, 4) is 5.75 Å². The van der Waals surface area contributed by atoms with Crippen molar-refractivity contribution in [2.75, 3.05) is 18.5 Å². The summed E-state index contributed by atoms with van der Waals surface area (Å²) in [6.07, 6.45) is 13.2. The number of aliphatic imine (C=N–C) groups is 1. The number of halogens is 1. The number of imidazole rings is 1. The minimum absolute atomic E-state index is 0.0885. The molecule has 0 atom stereocenters. The molecule has 3 aliphatic rings. The summed E-state index contributed by atoms with van der Waals surface area (Å²) in [6.45, 7) is 1.31. The molecule has 1 aliphatic carbocycles. The highest BCUT2D eigenvalue weighted by Crippen LogP contribution is 2.41. The topological polar surface area (TPSA) is 131 Å². The largest absolute Gasteiger partial charge is 0.450 e. The Bertz CT molecular complexity index is 1560. The first-order valence-electron chi connectivity index (χ1n) is 12.5. The number of aryl methyl sites for hydroxylation is 1. The van der Waals surface area contributed by atoms with Crippen LogP contribution in [0.15, 0.2) is 52.1 Å². The molecule has 3 aromatic rings. The molecule has 2 aliphatic heterocycles. The minimum atomic E-state index is -0.0885. The van der Waals surface area contributed by atoms with Crippen LogP contribution in [0.4, 0.5) is 11.6 Å². The van der Waals surface area contributed by atoms with Gasteiger partial charge in [0.2, 0.25) is 5.95 Å². The van der Waals surface area contributed by atoms with Crippen molar-refractivity contribution in [2.45, 2.75) is 37.6 Å². The van der Waals surface area contributed by atoms with Gasteiger partial charge in [0.1, 0.15) is 21.9 Å². The Morgan fingerprint density at radius 1 is 1.32 bits per heavy atom. The molecule has 0 amide bonds. The van der Waals surface area contributed by atoms with Crippen LogP contribution in [0.25, 0.3) is 11.2 Å². The van der Waals surface area contributed by atoms with Gasteiger partial charge in [-0.05, 0) is 43.2 Å². The summed E-state index contributed by atoms with van der Waals surface area (Å²) in [5.41, 5.74) is 3.00. The maximum Gasteiger partial charge on any atom is 0.274 e. The van der Waals surface area contributed by atoms with Crippen LogP contribution in [-0.2, 0) is 11.8 Å². The lowest BCUT2D eigenvalue weighted by atomic mass is 10.1. The predicted octanol–water partition coefficient (Wildman–Crippen LogP) is 4.14. The Balaban J connectivity index is 1.35. The van der Waals surface area contributed by atoms with Crippen molar-refractivity contribution in [1.29, 1.82) is 5.41 Å². The van der Waals surface area contributed by atoms with Gasteiger partial charge in [-0.2, -0.15) is 4.98 Å². The second-order valence-corrected chi connectivity index (χ2v) is 9.89. The zero-order valence-corrected chi connectivity index (χ0v) is 21.5. The lowest BCUT2D eigenvalue weighted by molar-refractivity contribution is 0.0686. The molecule has 6 rings (SSSR count). The van der Waals surface area contributed by atoms with Gasteiger partial charge in [-0.25, -0.2) is 4.98 Å². The summed E-state index contributed by atoms with van der Waals surface area (Å²) in [5.74, 6) is 1.41. The van der Waals surface area contributed by atoms with Crippen molar-refractivity contribution >= 4 is 46.8 Å². The van der Waals surface area contributed by atoms with Crippen molar-refractivity contribution < 1.29 is 9.47 Å². The molecule has 1 saturated carbocycles. The molecule has 0 spiro atoms. The first-order chi connectivity index (χ1) is 18.5. The van der Waals surface area contributed by atoms with Crippen molar-refractivity contribution in [1.82, 2.24) is 24.4 Å². The van der Waals surface area contributed by atoms with Crippen LogP contribution in [-0.4, -0.2) is 44.7 Å². The molecule has 5 heterocycles. The lowest BCUT2D eigenvalue weighted by Crippen LogP contribution is -2.30. The second-order valence-electron chi connectivity index (χ2n) is 9.51. The molecule has 38 heavy (non-hydrogen) atoms. The number of hydrogen-bond acceptors (Lipinski definition) is 9. The zero-order valence-electron chi connectivity index (χ0n) is 20.8. The van der Waals surface area contributed by atoms with Gasteiger partial charge in [0.05, 0.1) is 18.6 Å². The van der Waals surface area contributed by atoms with Crippen molar-refractivity contribution in [3.05, 3.63) is 63.3 Å². The Morgan fingerprint density at radius 2 is 2.13 bits per heavy atom. The Labute approximate surface area is 223 Å². The number of nitrogens with zero attached hydrogens (tertiary/aromatic N) is 5. The molecule has 3 N–H and O–H groups in total. The molecule has 0 bridgehead atoms. The van der Waals surface area contributed by atoms with Gasteiger partial charge in [-0.15, -0.1) is 0 Å². The quantitative estimate of drug-likeness (QED) is 0.306. The lowest BCUT2D eigenvalue weighted by Gasteiger charge is -2.25. The standard InChI is InChI=1S/C26H27ClN8O3/c1-34-23-22(27)21(38-20(11-28)19-12-29-6-7-30-19)13-31-24(23)33-26(34)32-18-10-16(15-2-3-15)14-35(25(18)36)17-4-8-37-9-5-17/h6-7,10-15,17,28,30H,2-5,8-9H2,1H3,(H,31,32,33)/b20-19+,28-11?. The summed E-state index contributed by atoms with van der Waals surface area (Å²) in [6, 6.07) is 2.05. The van der Waals surface area contributed by atoms with E-state index in [2.05, 4.69) is 25.6 Å². The summed E-state index contributed by atoms with van der Waals surface area (Å²) in [7, 11) is 1.80. The Hall–Kier alpha value is -3.96. The summed E-state index contributed by atoms with van der Waals surface area (Å²) in [4.78, 5) is 26.6. The van der Waals surface area contributed by atoms with Gasteiger partial charge in [0.15, 0.2) is 17.2 Å². The van der Waals surface area contributed by atoms with E-state index in [1.54, 1.807) is 30.2 Å². The third-order valence-corrected chi connectivity index (χ3v) is 7.33. The highest BCUT2D eigenvalue weighted by molar-refractivity contribution is 6.36. The fourth-order valence-electron chi connectivity index (χ4n) is 4.74. The first-order valence-corrected chi connectivity index (χ1v) is 12.9. The van der Waals surface area contributed by atoms with Crippen molar-refractivity contribution in [3.63, 3.8) is 0 Å². The molecule has 0 radical (unpaired) electrons. The third kappa shape index (κ3) is 4.59. The van der Waals surface area contributed by atoms with Gasteiger partial charge in [0.25, 0.3) is 5.56 Å². The molecule has 1 saturated heterocycles. The molecule has 2 fully saturated rings. The molecule has 11 nitrogen and oxygen atoms in total. The van der Waals surface area contributed by atoms with Gasteiger partial charge >= 0.3 is 0 Å². The number of aromatic nitrogens is 4. The molecule has 196 valence electrons. The molecule has 3 aromatic heterocycles. The number of rotatable bonds is 7. The van der Waals surface area contributed by atoms with Crippen LogP contribution in [0.1, 0.15) is 43.2 Å². The zero-order chi connectivity index (χ0) is 26.2. The fourth-order valence-corrected chi connectivity index (χ4v) is 5.04. The van der Waals surface area contributed by atoms with Crippen molar-refractivity contribution in [2.24, 2.45) is 12.0 Å². The normalized spacial score (nSPS) is 18.9. The predicted molar refractivity (Wildman–Crippen MR) is 146 cm³/mol. The number of ether oxygens (including phenoxy) is 2. The molecular weight excluding hydrogens is 508 g/mol. The van der Waals surface area contributed by atoms with Gasteiger partial charge in [-0.3, -0.25) is 9.79 Å². The average molecular weight is 535 g/mol. The summed E-state index contributed by atoms with van der Waals surface area (Å²) >= 11 is 6.74. The first kappa shape index (κ1) is 24.4. The molecule has 0 aromatic carbocycles. The van der Waals surface area contributed by atoms with E-state index in [-0.39, 0.29) is 28.1 Å². The molecular formula is C26H27ClN8O3. The van der Waals surface area contributed by atoms with Gasteiger partial charge < -0.3 is 34.7 Å². The number of pyridine rings is 2. The van der Waals surface area contributed by atoms with Gasteiger partial charge in [0, 0.05) is 44.9 Å². The van der Waals surface area contributed by atoms with E-state index in [9.17, 15) is 4.79 Å². The second kappa shape index (κ2) is 10.1. The van der Waals surface area contributed by atoms with E-state index < -0.39 is 0 Å². The van der Waals surface area contributed by atoms with E-state index >= 15 is 0 Å².